The Morgan fingerprint density at radius 3 is 2.33 bits per heavy atom. The molecule has 0 spiro atoms. The zero-order chi connectivity index (χ0) is 19.8. The Morgan fingerprint density at radius 1 is 1.07 bits per heavy atom. The summed E-state index contributed by atoms with van der Waals surface area (Å²) in [5.74, 6) is 2.01. The van der Waals surface area contributed by atoms with E-state index < -0.39 is 6.03 Å². The van der Waals surface area contributed by atoms with Crippen molar-refractivity contribution in [1.82, 2.24) is 10.2 Å². The van der Waals surface area contributed by atoms with E-state index in [1.807, 2.05) is 13.8 Å². The third kappa shape index (κ3) is 6.75. The van der Waals surface area contributed by atoms with Crippen LogP contribution in [0.2, 0.25) is 0 Å². The van der Waals surface area contributed by atoms with Gasteiger partial charge in [0.25, 0.3) is 0 Å². The smallest absolute Gasteiger partial charge is 0.325 e. The number of piperidine rings is 1. The molecule has 0 aromatic heterocycles. The van der Waals surface area contributed by atoms with Gasteiger partial charge in [0.1, 0.15) is 0 Å². The van der Waals surface area contributed by atoms with Crippen LogP contribution in [-0.4, -0.2) is 49.7 Å². The number of amides is 3. The number of anilines is 1. The normalized spacial score (nSPS) is 20.0. The molecule has 1 heterocycles. The van der Waals surface area contributed by atoms with Gasteiger partial charge < -0.3 is 14.8 Å². The number of carbonyl (C=O) groups is 2. The molecule has 1 fully saturated rings. The second kappa shape index (κ2) is 10.2. The van der Waals surface area contributed by atoms with Gasteiger partial charge in [0.15, 0.2) is 11.5 Å². The molecule has 27 heavy (non-hydrogen) atoms. The van der Waals surface area contributed by atoms with Crippen LogP contribution in [0.1, 0.15) is 34.1 Å². The molecule has 0 aliphatic carbocycles. The van der Waals surface area contributed by atoms with Gasteiger partial charge in [-0.05, 0) is 44.2 Å². The molecule has 0 saturated carbocycles. The van der Waals surface area contributed by atoms with Crippen LogP contribution in [0.3, 0.4) is 0 Å². The number of hydrogen-bond donors (Lipinski definition) is 2. The lowest BCUT2D eigenvalue weighted by molar-refractivity contribution is -0.121. The van der Waals surface area contributed by atoms with Gasteiger partial charge in [-0.15, -0.1) is 0 Å². The summed E-state index contributed by atoms with van der Waals surface area (Å²) in [6, 6.07) is 4.59. The van der Waals surface area contributed by atoms with E-state index in [-0.39, 0.29) is 12.5 Å². The number of benzene rings is 1. The molecule has 2 rings (SSSR count). The lowest BCUT2D eigenvalue weighted by atomic mass is 9.92. The van der Waals surface area contributed by atoms with Crippen LogP contribution in [0.15, 0.2) is 18.2 Å². The maximum Gasteiger partial charge on any atom is 0.325 e. The van der Waals surface area contributed by atoms with Gasteiger partial charge in [0, 0.05) is 24.8 Å². The maximum absolute atomic E-state index is 12.2. The van der Waals surface area contributed by atoms with Gasteiger partial charge in [-0.25, -0.2) is 4.79 Å². The van der Waals surface area contributed by atoms with E-state index in [0.29, 0.717) is 42.2 Å². The Labute approximate surface area is 161 Å². The van der Waals surface area contributed by atoms with E-state index in [9.17, 15) is 9.59 Å². The van der Waals surface area contributed by atoms with Gasteiger partial charge in [0.2, 0.25) is 5.91 Å². The fourth-order valence-corrected chi connectivity index (χ4v) is 3.58. The molecule has 0 radical (unpaired) electrons. The summed E-state index contributed by atoms with van der Waals surface area (Å²) >= 11 is 0. The quantitative estimate of drug-likeness (QED) is 0.763. The highest BCUT2D eigenvalue weighted by molar-refractivity contribution is 6.01. The first-order valence-corrected chi connectivity index (χ1v) is 9.64. The minimum absolute atomic E-state index is 0.232. The Bertz CT molecular complexity index is 640. The highest BCUT2D eigenvalue weighted by Gasteiger charge is 2.23. The molecule has 7 heteroatoms. The number of rotatable bonds is 7. The van der Waals surface area contributed by atoms with Gasteiger partial charge in [-0.2, -0.15) is 0 Å². The molecule has 2 atom stereocenters. The van der Waals surface area contributed by atoms with Crippen molar-refractivity contribution in [2.75, 3.05) is 38.2 Å². The molecule has 7 nitrogen and oxygen atoms in total. The highest BCUT2D eigenvalue weighted by Crippen LogP contribution is 2.30. The summed E-state index contributed by atoms with van der Waals surface area (Å²) in [5, 5.41) is 5.06. The Kier molecular flexibility index (Phi) is 7.91. The standard InChI is InChI=1S/C20H31N3O4/c1-5-26-17-8-7-16(10-18(17)27-6-2)21-20(25)22-19(24)13-23-11-14(3)9-15(4)12-23/h7-8,10,14-15H,5-6,9,11-13H2,1-4H3,(H2,21,22,24,25)/t14-,15-/m1/s1. The highest BCUT2D eigenvalue weighted by atomic mass is 16.5. The van der Waals surface area contributed by atoms with Crippen LogP contribution < -0.4 is 20.1 Å². The number of likely N-dealkylation sites (tertiary alicyclic amines) is 1. The third-order valence-electron chi connectivity index (χ3n) is 4.37. The van der Waals surface area contributed by atoms with Crippen molar-refractivity contribution < 1.29 is 19.1 Å². The molecular formula is C20H31N3O4. The van der Waals surface area contributed by atoms with E-state index in [1.165, 1.54) is 6.42 Å². The van der Waals surface area contributed by atoms with Gasteiger partial charge in [0.05, 0.1) is 19.8 Å². The molecule has 1 aliphatic rings. The van der Waals surface area contributed by atoms with Crippen molar-refractivity contribution in [3.05, 3.63) is 18.2 Å². The summed E-state index contributed by atoms with van der Waals surface area (Å²) < 4.78 is 11.0. The molecule has 150 valence electrons. The van der Waals surface area contributed by atoms with Gasteiger partial charge >= 0.3 is 6.03 Å². The lowest BCUT2D eigenvalue weighted by Gasteiger charge is -2.34. The van der Waals surface area contributed by atoms with Crippen LogP contribution >= 0.6 is 0 Å². The average Bonchev–Trinajstić information content (AvgIpc) is 2.56. The van der Waals surface area contributed by atoms with Crippen molar-refractivity contribution >= 4 is 17.6 Å². The predicted octanol–water partition coefficient (Wildman–Crippen LogP) is 3.11. The second-order valence-corrected chi connectivity index (χ2v) is 7.17. The fraction of sp³-hybridized carbons (Fsp3) is 0.600. The zero-order valence-electron chi connectivity index (χ0n) is 16.7. The Morgan fingerprint density at radius 2 is 1.70 bits per heavy atom. The largest absolute Gasteiger partial charge is 0.490 e. The number of nitrogens with one attached hydrogen (secondary N) is 2. The van der Waals surface area contributed by atoms with Crippen LogP contribution in [0, 0.1) is 11.8 Å². The summed E-state index contributed by atoms with van der Waals surface area (Å²) in [7, 11) is 0. The third-order valence-corrected chi connectivity index (χ3v) is 4.37. The van der Waals surface area contributed by atoms with Crippen LogP contribution in [0.4, 0.5) is 10.5 Å². The van der Waals surface area contributed by atoms with Gasteiger partial charge in [-0.1, -0.05) is 13.8 Å². The van der Waals surface area contributed by atoms with Gasteiger partial charge in [-0.3, -0.25) is 15.0 Å². The predicted molar refractivity (Wildman–Crippen MR) is 105 cm³/mol. The first-order chi connectivity index (χ1) is 12.9. The van der Waals surface area contributed by atoms with Crippen molar-refractivity contribution in [3.8, 4) is 11.5 Å². The zero-order valence-corrected chi connectivity index (χ0v) is 16.7. The number of imide groups is 1. The molecular weight excluding hydrogens is 346 g/mol. The van der Waals surface area contributed by atoms with Crippen molar-refractivity contribution in [3.63, 3.8) is 0 Å². The van der Waals surface area contributed by atoms with Crippen molar-refractivity contribution in [1.29, 1.82) is 0 Å². The van der Waals surface area contributed by atoms with Crippen LogP contribution in [0.5, 0.6) is 11.5 Å². The molecule has 3 amide bonds. The molecule has 1 saturated heterocycles. The minimum Gasteiger partial charge on any atom is -0.490 e. The summed E-state index contributed by atoms with van der Waals surface area (Å²) in [6.07, 6.45) is 1.18. The molecule has 0 unspecified atom stereocenters. The average molecular weight is 377 g/mol. The monoisotopic (exact) mass is 377 g/mol. The lowest BCUT2D eigenvalue weighted by Crippen LogP contribution is -2.46. The van der Waals surface area contributed by atoms with E-state index in [1.54, 1.807) is 18.2 Å². The van der Waals surface area contributed by atoms with Crippen molar-refractivity contribution in [2.45, 2.75) is 34.1 Å². The maximum atomic E-state index is 12.2. The number of hydrogen-bond acceptors (Lipinski definition) is 5. The first kappa shape index (κ1) is 21.0. The molecule has 1 aliphatic heterocycles. The van der Waals surface area contributed by atoms with Crippen molar-refractivity contribution in [2.24, 2.45) is 11.8 Å². The van der Waals surface area contributed by atoms with E-state index in [0.717, 1.165) is 13.1 Å². The van der Waals surface area contributed by atoms with E-state index in [4.69, 9.17) is 9.47 Å². The molecule has 2 N–H and O–H groups in total. The molecule has 1 aromatic carbocycles. The summed E-state index contributed by atoms with van der Waals surface area (Å²) in [5.41, 5.74) is 0.535. The Hall–Kier alpha value is -2.28. The number of ether oxygens (including phenoxy) is 2. The molecule has 1 aromatic rings. The fourth-order valence-electron chi connectivity index (χ4n) is 3.58. The van der Waals surface area contributed by atoms with E-state index in [2.05, 4.69) is 29.4 Å². The first-order valence-electron chi connectivity index (χ1n) is 9.64. The SMILES string of the molecule is CCOc1ccc(NC(=O)NC(=O)CN2C[C@H](C)C[C@@H](C)C2)cc1OCC. The van der Waals surface area contributed by atoms with Crippen LogP contribution in [-0.2, 0) is 4.79 Å². The minimum atomic E-state index is -0.551. The number of nitrogens with zero attached hydrogens (tertiary/aromatic N) is 1. The number of urea groups is 1. The molecule has 0 bridgehead atoms. The second-order valence-electron chi connectivity index (χ2n) is 7.17. The summed E-state index contributed by atoms with van der Waals surface area (Å²) in [4.78, 5) is 26.4. The number of carbonyl (C=O) groups excluding carboxylic acids is 2. The van der Waals surface area contributed by atoms with E-state index >= 15 is 0 Å². The summed E-state index contributed by atoms with van der Waals surface area (Å²) in [6.45, 7) is 11.2. The van der Waals surface area contributed by atoms with Crippen LogP contribution in [0.25, 0.3) is 0 Å². The topological polar surface area (TPSA) is 79.9 Å². The Balaban J connectivity index is 1.89.